The summed E-state index contributed by atoms with van der Waals surface area (Å²) in [5.41, 5.74) is 8.04. The van der Waals surface area contributed by atoms with Gasteiger partial charge < -0.3 is 5.73 Å². The van der Waals surface area contributed by atoms with E-state index in [2.05, 4.69) is 11.8 Å². The Labute approximate surface area is 71.6 Å². The van der Waals surface area contributed by atoms with Crippen molar-refractivity contribution in [3.8, 4) is 17.9 Å². The summed E-state index contributed by atoms with van der Waals surface area (Å²) in [5.74, 6) is 4.98. The largest absolute Gasteiger partial charge is 0.398 e. The van der Waals surface area contributed by atoms with Crippen LogP contribution in [0.25, 0.3) is 0 Å². The highest BCUT2D eigenvalue weighted by Gasteiger charge is 1.93. The van der Waals surface area contributed by atoms with Crippen molar-refractivity contribution in [1.82, 2.24) is 0 Å². The zero-order chi connectivity index (χ0) is 8.97. The molecule has 0 heterocycles. The average molecular weight is 156 g/mol. The van der Waals surface area contributed by atoms with Crippen LogP contribution in [0.3, 0.4) is 0 Å². The first-order chi connectivity index (χ1) is 5.74. The van der Waals surface area contributed by atoms with Crippen LogP contribution in [-0.2, 0) is 0 Å². The smallest absolute Gasteiger partial charge is 0.152 e. The number of aryl methyl sites for hydroxylation is 1. The third kappa shape index (κ3) is 1.78. The fraction of sp³-hybridized carbons (Fsp3) is 0.100. The lowest BCUT2D eigenvalue weighted by Crippen LogP contribution is -1.89. The Morgan fingerprint density at radius 1 is 1.42 bits per heavy atom. The third-order valence-corrected chi connectivity index (χ3v) is 1.46. The maximum absolute atomic E-state index is 8.22. The molecule has 0 atom stereocenters. The minimum absolute atomic E-state index is 0.614. The molecule has 0 saturated heterocycles. The Balaban J connectivity index is 3.16. The summed E-state index contributed by atoms with van der Waals surface area (Å²) in [6.45, 7) is 1.96. The minimum Gasteiger partial charge on any atom is -0.398 e. The zero-order valence-electron chi connectivity index (χ0n) is 6.76. The number of benzene rings is 1. The van der Waals surface area contributed by atoms with Crippen molar-refractivity contribution in [2.75, 3.05) is 5.73 Å². The van der Waals surface area contributed by atoms with Crippen molar-refractivity contribution >= 4 is 5.69 Å². The van der Waals surface area contributed by atoms with E-state index in [0.717, 1.165) is 11.1 Å². The lowest BCUT2D eigenvalue weighted by Gasteiger charge is -1.97. The molecule has 0 spiro atoms. The number of anilines is 1. The summed E-state index contributed by atoms with van der Waals surface area (Å²) in [6, 6.07) is 7.31. The first kappa shape index (κ1) is 8.17. The standard InChI is InChI=1S/C10H8N2/c1-8-4-5-10(12)9(7-8)3-2-6-11/h4-5,7H,12H2,1H3. The molecule has 0 aliphatic carbocycles. The number of nitrogens with zero attached hydrogens (tertiary/aromatic N) is 1. The van der Waals surface area contributed by atoms with E-state index in [1.54, 1.807) is 12.1 Å². The van der Waals surface area contributed by atoms with Gasteiger partial charge in [0.15, 0.2) is 6.07 Å². The lowest BCUT2D eigenvalue weighted by molar-refractivity contribution is 1.45. The van der Waals surface area contributed by atoms with E-state index >= 15 is 0 Å². The number of nitriles is 1. The molecule has 0 radical (unpaired) electrons. The maximum Gasteiger partial charge on any atom is 0.152 e. The van der Waals surface area contributed by atoms with E-state index in [-0.39, 0.29) is 0 Å². The van der Waals surface area contributed by atoms with E-state index in [1.165, 1.54) is 0 Å². The fourth-order valence-electron chi connectivity index (χ4n) is 0.874. The summed E-state index contributed by atoms with van der Waals surface area (Å²) >= 11 is 0. The van der Waals surface area contributed by atoms with Crippen LogP contribution in [-0.4, -0.2) is 0 Å². The van der Waals surface area contributed by atoms with Crippen LogP contribution in [0.4, 0.5) is 5.69 Å². The van der Waals surface area contributed by atoms with Crippen LogP contribution < -0.4 is 5.73 Å². The van der Waals surface area contributed by atoms with Gasteiger partial charge in [-0.15, -0.1) is 0 Å². The van der Waals surface area contributed by atoms with Gasteiger partial charge in [-0.05, 0) is 30.5 Å². The van der Waals surface area contributed by atoms with Gasteiger partial charge in [0.25, 0.3) is 0 Å². The molecule has 1 aromatic rings. The van der Waals surface area contributed by atoms with Gasteiger partial charge >= 0.3 is 0 Å². The highest BCUT2D eigenvalue weighted by molar-refractivity contribution is 5.57. The highest BCUT2D eigenvalue weighted by atomic mass is 14.5. The molecule has 0 fully saturated rings. The van der Waals surface area contributed by atoms with Crippen molar-refractivity contribution in [3.05, 3.63) is 29.3 Å². The second kappa shape index (κ2) is 3.46. The Morgan fingerprint density at radius 2 is 2.17 bits per heavy atom. The molecule has 0 unspecified atom stereocenters. The normalized spacial score (nSPS) is 8.00. The summed E-state index contributed by atoms with van der Waals surface area (Å²) in [5, 5.41) is 8.22. The monoisotopic (exact) mass is 156 g/mol. The van der Waals surface area contributed by atoms with Gasteiger partial charge in [-0.3, -0.25) is 0 Å². The number of nitrogen functional groups attached to an aromatic ring is 1. The lowest BCUT2D eigenvalue weighted by atomic mass is 10.1. The van der Waals surface area contributed by atoms with Crippen molar-refractivity contribution in [2.24, 2.45) is 0 Å². The van der Waals surface area contributed by atoms with E-state index in [4.69, 9.17) is 11.0 Å². The topological polar surface area (TPSA) is 49.8 Å². The molecule has 58 valence electrons. The third-order valence-electron chi connectivity index (χ3n) is 1.46. The second-order valence-corrected chi connectivity index (χ2v) is 2.45. The van der Waals surface area contributed by atoms with Crippen molar-refractivity contribution in [3.63, 3.8) is 0 Å². The van der Waals surface area contributed by atoms with Crippen LogP contribution in [0.15, 0.2) is 18.2 Å². The molecule has 0 aliphatic heterocycles. The van der Waals surface area contributed by atoms with Gasteiger partial charge in [-0.1, -0.05) is 6.07 Å². The van der Waals surface area contributed by atoms with Gasteiger partial charge in [-0.2, -0.15) is 5.26 Å². The van der Waals surface area contributed by atoms with Crippen molar-refractivity contribution in [2.45, 2.75) is 6.92 Å². The van der Waals surface area contributed by atoms with Gasteiger partial charge in [0.05, 0.1) is 0 Å². The average Bonchev–Trinajstić information content (AvgIpc) is 2.07. The number of hydrogen-bond acceptors (Lipinski definition) is 2. The summed E-state index contributed by atoms with van der Waals surface area (Å²) in [4.78, 5) is 0. The van der Waals surface area contributed by atoms with E-state index < -0.39 is 0 Å². The molecular weight excluding hydrogens is 148 g/mol. The van der Waals surface area contributed by atoms with Crippen molar-refractivity contribution in [1.29, 1.82) is 5.26 Å². The number of nitrogens with two attached hydrogens (primary N) is 1. The second-order valence-electron chi connectivity index (χ2n) is 2.45. The van der Waals surface area contributed by atoms with Crippen LogP contribution in [0.1, 0.15) is 11.1 Å². The quantitative estimate of drug-likeness (QED) is 0.456. The van der Waals surface area contributed by atoms with E-state index in [0.29, 0.717) is 5.69 Å². The molecule has 2 N–H and O–H groups in total. The Hall–Kier alpha value is -1.93. The van der Waals surface area contributed by atoms with Gasteiger partial charge in [0.2, 0.25) is 0 Å². The van der Waals surface area contributed by atoms with Crippen LogP contribution in [0.2, 0.25) is 0 Å². The molecule has 0 aromatic heterocycles. The number of hydrogen-bond donors (Lipinski definition) is 1. The molecule has 2 heteroatoms. The highest BCUT2D eigenvalue weighted by Crippen LogP contribution is 2.11. The number of rotatable bonds is 0. The van der Waals surface area contributed by atoms with Crippen LogP contribution >= 0.6 is 0 Å². The Morgan fingerprint density at radius 3 is 2.83 bits per heavy atom. The molecule has 0 saturated carbocycles. The molecule has 1 aromatic carbocycles. The molecule has 0 aliphatic rings. The van der Waals surface area contributed by atoms with Crippen molar-refractivity contribution < 1.29 is 0 Å². The predicted octanol–water partition coefficient (Wildman–Crippen LogP) is 1.45. The first-order valence-corrected chi connectivity index (χ1v) is 3.50. The minimum atomic E-state index is 0.614. The van der Waals surface area contributed by atoms with E-state index in [9.17, 15) is 0 Å². The van der Waals surface area contributed by atoms with Crippen LogP contribution in [0.5, 0.6) is 0 Å². The van der Waals surface area contributed by atoms with Gasteiger partial charge in [0, 0.05) is 17.2 Å². The molecule has 0 bridgehead atoms. The van der Waals surface area contributed by atoms with Gasteiger partial charge in [0.1, 0.15) is 0 Å². The maximum atomic E-state index is 8.22. The SMILES string of the molecule is Cc1ccc(N)c(C#CC#N)c1. The van der Waals surface area contributed by atoms with E-state index in [1.807, 2.05) is 19.1 Å². The Kier molecular flexibility index (Phi) is 2.35. The predicted molar refractivity (Wildman–Crippen MR) is 48.1 cm³/mol. The summed E-state index contributed by atoms with van der Waals surface area (Å²) in [6.07, 6.45) is 0. The fourth-order valence-corrected chi connectivity index (χ4v) is 0.874. The molecule has 0 amide bonds. The summed E-state index contributed by atoms with van der Waals surface area (Å²) < 4.78 is 0. The summed E-state index contributed by atoms with van der Waals surface area (Å²) in [7, 11) is 0. The molecular formula is C10H8N2. The van der Waals surface area contributed by atoms with Gasteiger partial charge in [-0.25, -0.2) is 0 Å². The molecule has 2 nitrogen and oxygen atoms in total. The zero-order valence-corrected chi connectivity index (χ0v) is 6.76. The Bertz CT molecular complexity index is 389. The first-order valence-electron chi connectivity index (χ1n) is 3.50. The van der Waals surface area contributed by atoms with Crippen LogP contribution in [0, 0.1) is 30.1 Å². The molecule has 12 heavy (non-hydrogen) atoms. The molecule has 1 rings (SSSR count).